The van der Waals surface area contributed by atoms with Crippen LogP contribution in [0.1, 0.15) is 41.0 Å². The SMILES string of the molecule is CN(C)CC#CCNC(C)(C)CC(C)(C)C. The van der Waals surface area contributed by atoms with E-state index in [9.17, 15) is 0 Å². The molecule has 0 unspecified atom stereocenters. The third kappa shape index (κ3) is 10.0. The van der Waals surface area contributed by atoms with Gasteiger partial charge < -0.3 is 5.32 Å². The highest BCUT2D eigenvalue weighted by Gasteiger charge is 2.24. The number of hydrogen-bond donors (Lipinski definition) is 1. The zero-order chi connectivity index (χ0) is 12.8. The van der Waals surface area contributed by atoms with Crippen molar-refractivity contribution in [2.24, 2.45) is 5.41 Å². The van der Waals surface area contributed by atoms with Crippen LogP contribution in [-0.2, 0) is 0 Å². The Morgan fingerprint density at radius 2 is 1.56 bits per heavy atom. The van der Waals surface area contributed by atoms with Crippen molar-refractivity contribution >= 4 is 0 Å². The van der Waals surface area contributed by atoms with Gasteiger partial charge in [-0.1, -0.05) is 32.6 Å². The minimum atomic E-state index is 0.158. The van der Waals surface area contributed by atoms with Gasteiger partial charge in [-0.05, 0) is 39.8 Å². The summed E-state index contributed by atoms with van der Waals surface area (Å²) in [5, 5.41) is 3.50. The van der Waals surface area contributed by atoms with Crippen molar-refractivity contribution in [1.29, 1.82) is 0 Å². The minimum absolute atomic E-state index is 0.158. The van der Waals surface area contributed by atoms with Crippen LogP contribution in [0, 0.1) is 17.3 Å². The fourth-order valence-corrected chi connectivity index (χ4v) is 1.95. The second-order valence-corrected chi connectivity index (χ2v) is 6.57. The summed E-state index contributed by atoms with van der Waals surface area (Å²) < 4.78 is 0. The molecule has 2 nitrogen and oxygen atoms in total. The van der Waals surface area contributed by atoms with Crippen LogP contribution in [0.15, 0.2) is 0 Å². The first kappa shape index (κ1) is 15.5. The van der Waals surface area contributed by atoms with E-state index in [4.69, 9.17) is 0 Å². The molecule has 1 N–H and O–H groups in total. The van der Waals surface area contributed by atoms with Gasteiger partial charge in [-0.15, -0.1) is 0 Å². The van der Waals surface area contributed by atoms with E-state index in [0.29, 0.717) is 5.41 Å². The Morgan fingerprint density at radius 1 is 1.00 bits per heavy atom. The summed E-state index contributed by atoms with van der Waals surface area (Å²) in [6.07, 6.45) is 1.15. The van der Waals surface area contributed by atoms with E-state index in [-0.39, 0.29) is 5.54 Å². The lowest BCUT2D eigenvalue weighted by atomic mass is 9.82. The van der Waals surface area contributed by atoms with Gasteiger partial charge in [0.15, 0.2) is 0 Å². The fourth-order valence-electron chi connectivity index (χ4n) is 1.95. The van der Waals surface area contributed by atoms with E-state index in [1.807, 2.05) is 14.1 Å². The van der Waals surface area contributed by atoms with Gasteiger partial charge in [0.1, 0.15) is 0 Å². The molecule has 0 aliphatic carbocycles. The molecule has 0 aromatic carbocycles. The standard InChI is InChI=1S/C14H28N2/c1-13(2,3)12-14(4,5)15-10-8-9-11-16(6)7/h15H,10-12H2,1-7H3. The predicted molar refractivity (Wildman–Crippen MR) is 72.5 cm³/mol. The average molecular weight is 224 g/mol. The summed E-state index contributed by atoms with van der Waals surface area (Å²) in [7, 11) is 4.07. The molecular formula is C14H28N2. The Morgan fingerprint density at radius 3 is 2.00 bits per heavy atom. The maximum atomic E-state index is 3.50. The van der Waals surface area contributed by atoms with Crippen LogP contribution in [-0.4, -0.2) is 37.6 Å². The minimum Gasteiger partial charge on any atom is -0.301 e. The van der Waals surface area contributed by atoms with Crippen LogP contribution in [0.4, 0.5) is 0 Å². The lowest BCUT2D eigenvalue weighted by molar-refractivity contribution is 0.249. The van der Waals surface area contributed by atoms with Gasteiger partial charge in [0.05, 0.1) is 13.1 Å². The summed E-state index contributed by atoms with van der Waals surface area (Å²) in [6, 6.07) is 0. The fraction of sp³-hybridized carbons (Fsp3) is 0.857. The van der Waals surface area contributed by atoms with Gasteiger partial charge in [-0.2, -0.15) is 0 Å². The molecule has 0 saturated carbocycles. The Labute approximate surface area is 102 Å². The summed E-state index contributed by atoms with van der Waals surface area (Å²) in [5.74, 6) is 6.29. The van der Waals surface area contributed by atoms with Gasteiger partial charge in [0.25, 0.3) is 0 Å². The molecule has 0 aliphatic rings. The molecule has 0 saturated heterocycles. The normalized spacial score (nSPS) is 12.5. The Hall–Kier alpha value is -0.520. The number of nitrogens with one attached hydrogen (secondary N) is 1. The summed E-state index contributed by atoms with van der Waals surface area (Å²) >= 11 is 0. The van der Waals surface area contributed by atoms with E-state index >= 15 is 0 Å². The topological polar surface area (TPSA) is 15.3 Å². The average Bonchev–Trinajstić information content (AvgIpc) is 1.97. The third-order valence-electron chi connectivity index (χ3n) is 2.15. The van der Waals surface area contributed by atoms with Gasteiger partial charge in [-0.25, -0.2) is 0 Å². The quantitative estimate of drug-likeness (QED) is 0.738. The molecule has 0 heterocycles. The lowest BCUT2D eigenvalue weighted by Crippen LogP contribution is -2.42. The van der Waals surface area contributed by atoms with Crippen molar-refractivity contribution in [3.63, 3.8) is 0 Å². The molecule has 0 aliphatic heterocycles. The molecule has 16 heavy (non-hydrogen) atoms. The van der Waals surface area contributed by atoms with E-state index in [2.05, 4.69) is 56.7 Å². The van der Waals surface area contributed by atoms with Gasteiger partial charge in [0.2, 0.25) is 0 Å². The highest BCUT2D eigenvalue weighted by atomic mass is 15.0. The Kier molecular flexibility index (Phi) is 6.07. The second kappa shape index (κ2) is 6.27. The van der Waals surface area contributed by atoms with Gasteiger partial charge >= 0.3 is 0 Å². The Balaban J connectivity index is 3.94. The third-order valence-corrected chi connectivity index (χ3v) is 2.15. The highest BCUT2D eigenvalue weighted by Crippen LogP contribution is 2.26. The monoisotopic (exact) mass is 224 g/mol. The molecule has 2 heteroatoms. The van der Waals surface area contributed by atoms with E-state index < -0.39 is 0 Å². The van der Waals surface area contributed by atoms with Crippen LogP contribution in [0.25, 0.3) is 0 Å². The molecule has 0 amide bonds. The number of hydrogen-bond acceptors (Lipinski definition) is 2. The first-order valence-electron chi connectivity index (χ1n) is 5.98. The van der Waals surface area contributed by atoms with Gasteiger partial charge in [-0.3, -0.25) is 4.90 Å². The van der Waals surface area contributed by atoms with Crippen molar-refractivity contribution in [3.05, 3.63) is 0 Å². The van der Waals surface area contributed by atoms with Crippen LogP contribution in [0.2, 0.25) is 0 Å². The molecule has 0 aromatic heterocycles. The van der Waals surface area contributed by atoms with Crippen molar-refractivity contribution in [3.8, 4) is 11.8 Å². The maximum absolute atomic E-state index is 3.50. The molecule has 0 spiro atoms. The molecule has 0 atom stereocenters. The molecular weight excluding hydrogens is 196 g/mol. The van der Waals surface area contributed by atoms with Crippen molar-refractivity contribution in [2.45, 2.75) is 46.6 Å². The zero-order valence-corrected chi connectivity index (χ0v) is 12.1. The smallest absolute Gasteiger partial charge is 0.0597 e. The lowest BCUT2D eigenvalue weighted by Gasteiger charge is -2.32. The van der Waals surface area contributed by atoms with Crippen LogP contribution in [0.5, 0.6) is 0 Å². The molecule has 0 radical (unpaired) electrons. The van der Waals surface area contributed by atoms with Crippen LogP contribution in [0.3, 0.4) is 0 Å². The number of rotatable bonds is 4. The van der Waals surface area contributed by atoms with Crippen LogP contribution >= 0.6 is 0 Å². The first-order valence-corrected chi connectivity index (χ1v) is 5.98. The van der Waals surface area contributed by atoms with E-state index in [1.165, 1.54) is 0 Å². The maximum Gasteiger partial charge on any atom is 0.0597 e. The largest absolute Gasteiger partial charge is 0.301 e. The van der Waals surface area contributed by atoms with Crippen LogP contribution < -0.4 is 5.32 Å². The summed E-state index contributed by atoms with van der Waals surface area (Å²) in [4.78, 5) is 2.08. The van der Waals surface area contributed by atoms with Crippen molar-refractivity contribution < 1.29 is 0 Å². The predicted octanol–water partition coefficient (Wildman–Crippen LogP) is 2.36. The molecule has 0 aromatic rings. The summed E-state index contributed by atoms with van der Waals surface area (Å²) in [5.41, 5.74) is 0.513. The van der Waals surface area contributed by atoms with Gasteiger partial charge in [0, 0.05) is 5.54 Å². The number of nitrogens with zero attached hydrogens (tertiary/aromatic N) is 1. The van der Waals surface area contributed by atoms with E-state index in [1.54, 1.807) is 0 Å². The zero-order valence-electron chi connectivity index (χ0n) is 12.1. The van der Waals surface area contributed by atoms with Crippen molar-refractivity contribution in [2.75, 3.05) is 27.2 Å². The molecule has 0 fully saturated rings. The molecule has 94 valence electrons. The summed E-state index contributed by atoms with van der Waals surface area (Å²) in [6.45, 7) is 12.9. The second-order valence-electron chi connectivity index (χ2n) is 6.57. The molecule has 0 rings (SSSR count). The first-order chi connectivity index (χ1) is 7.12. The Bertz CT molecular complexity index is 248. The van der Waals surface area contributed by atoms with E-state index in [0.717, 1.165) is 19.5 Å². The highest BCUT2D eigenvalue weighted by molar-refractivity contribution is 5.03. The molecule has 0 bridgehead atoms. The van der Waals surface area contributed by atoms with Crippen molar-refractivity contribution in [1.82, 2.24) is 10.2 Å².